The maximum atomic E-state index is 11.7. The Bertz CT molecular complexity index is 498. The highest BCUT2D eigenvalue weighted by atomic mass is 16.5. The van der Waals surface area contributed by atoms with E-state index in [-0.39, 0.29) is 23.6 Å². The average molecular weight is 276 g/mol. The van der Waals surface area contributed by atoms with Crippen molar-refractivity contribution in [2.75, 3.05) is 25.1 Å². The van der Waals surface area contributed by atoms with Crippen molar-refractivity contribution in [3.63, 3.8) is 0 Å². The van der Waals surface area contributed by atoms with Gasteiger partial charge < -0.3 is 9.64 Å². The van der Waals surface area contributed by atoms with Gasteiger partial charge in [0.25, 0.3) is 0 Å². The van der Waals surface area contributed by atoms with Crippen molar-refractivity contribution in [3.8, 4) is 0 Å². The van der Waals surface area contributed by atoms with Gasteiger partial charge in [0.1, 0.15) is 5.69 Å². The number of hydrogen-bond acceptors (Lipinski definition) is 5. The molecule has 5 nitrogen and oxygen atoms in total. The third kappa shape index (κ3) is 2.81. The van der Waals surface area contributed by atoms with Crippen LogP contribution in [0.5, 0.6) is 0 Å². The molecule has 5 heteroatoms. The second-order valence-corrected chi connectivity index (χ2v) is 5.19. The van der Waals surface area contributed by atoms with Gasteiger partial charge in [-0.15, -0.1) is 0 Å². The summed E-state index contributed by atoms with van der Waals surface area (Å²) in [5, 5.41) is 0. The Morgan fingerprint density at radius 1 is 1.40 bits per heavy atom. The number of rotatable bonds is 4. The minimum atomic E-state index is -0.161. The number of Topliss-reactive ketones (excluding diaryl/α,β-unsaturated/α-hetero) is 1. The fraction of sp³-hybridized carbons (Fsp3) is 0.533. The molecule has 0 aromatic carbocycles. The molecule has 2 unspecified atom stereocenters. The summed E-state index contributed by atoms with van der Waals surface area (Å²) in [4.78, 5) is 29.5. The monoisotopic (exact) mass is 276 g/mol. The smallest absolute Gasteiger partial charge is 0.310 e. The molecule has 108 valence electrons. The Morgan fingerprint density at radius 2 is 2.15 bits per heavy atom. The summed E-state index contributed by atoms with van der Waals surface area (Å²) < 4.78 is 4.83. The number of nitrogens with zero attached hydrogens (tertiary/aromatic N) is 2. The zero-order valence-corrected chi connectivity index (χ0v) is 12.1. The second-order valence-electron chi connectivity index (χ2n) is 5.19. The normalized spacial score (nSPS) is 21.9. The molecular formula is C15H20N2O3. The van der Waals surface area contributed by atoms with Crippen LogP contribution in [0.4, 0.5) is 5.69 Å². The number of carbonyl (C=O) groups excluding carboxylic acids is 2. The van der Waals surface area contributed by atoms with Gasteiger partial charge in [0, 0.05) is 19.5 Å². The Hall–Kier alpha value is -1.91. The molecule has 2 rings (SSSR count). The molecule has 1 fully saturated rings. The fourth-order valence-corrected chi connectivity index (χ4v) is 2.55. The highest BCUT2D eigenvalue weighted by Crippen LogP contribution is 2.28. The van der Waals surface area contributed by atoms with Crippen LogP contribution in [0.2, 0.25) is 0 Å². The number of anilines is 1. The van der Waals surface area contributed by atoms with Crippen LogP contribution in [0.15, 0.2) is 18.3 Å². The Labute approximate surface area is 118 Å². The van der Waals surface area contributed by atoms with E-state index in [4.69, 9.17) is 4.74 Å². The summed E-state index contributed by atoms with van der Waals surface area (Å²) in [6, 6.07) is 3.64. The largest absolute Gasteiger partial charge is 0.469 e. The number of pyridine rings is 1. The molecule has 1 aliphatic rings. The van der Waals surface area contributed by atoms with Gasteiger partial charge in [-0.3, -0.25) is 14.6 Å². The lowest BCUT2D eigenvalue weighted by molar-refractivity contribution is -0.145. The molecule has 0 N–H and O–H groups in total. The first kappa shape index (κ1) is 14.5. The third-order valence-electron chi connectivity index (χ3n) is 3.84. The van der Waals surface area contributed by atoms with E-state index in [0.29, 0.717) is 18.7 Å². The van der Waals surface area contributed by atoms with Gasteiger partial charge in [0.05, 0.1) is 24.9 Å². The van der Waals surface area contributed by atoms with Crippen molar-refractivity contribution < 1.29 is 14.3 Å². The molecule has 1 aromatic rings. The number of ketones is 1. The molecule has 1 aliphatic heterocycles. The Morgan fingerprint density at radius 3 is 2.70 bits per heavy atom. The van der Waals surface area contributed by atoms with E-state index < -0.39 is 0 Å². The fourth-order valence-electron chi connectivity index (χ4n) is 2.55. The molecule has 1 aromatic heterocycles. The van der Waals surface area contributed by atoms with Gasteiger partial charge in [-0.25, -0.2) is 0 Å². The van der Waals surface area contributed by atoms with Crippen LogP contribution in [0.1, 0.15) is 30.8 Å². The second kappa shape index (κ2) is 6.03. The molecule has 20 heavy (non-hydrogen) atoms. The quantitative estimate of drug-likeness (QED) is 0.621. The molecule has 0 radical (unpaired) electrons. The lowest BCUT2D eigenvalue weighted by Crippen LogP contribution is -2.24. The van der Waals surface area contributed by atoms with E-state index in [0.717, 1.165) is 12.2 Å². The number of methoxy groups -OCH3 is 1. The van der Waals surface area contributed by atoms with Crippen LogP contribution in [0, 0.1) is 11.8 Å². The van der Waals surface area contributed by atoms with Crippen LogP contribution < -0.4 is 4.90 Å². The van der Waals surface area contributed by atoms with Crippen LogP contribution in [0.3, 0.4) is 0 Å². The van der Waals surface area contributed by atoms with Gasteiger partial charge in [-0.2, -0.15) is 0 Å². The van der Waals surface area contributed by atoms with Gasteiger partial charge in [-0.1, -0.05) is 13.8 Å². The molecule has 0 spiro atoms. The highest BCUT2D eigenvalue weighted by molar-refractivity contribution is 5.94. The zero-order valence-electron chi connectivity index (χ0n) is 12.1. The van der Waals surface area contributed by atoms with E-state index >= 15 is 0 Å². The van der Waals surface area contributed by atoms with E-state index in [1.807, 2.05) is 19.9 Å². The summed E-state index contributed by atoms with van der Waals surface area (Å²) in [5.74, 6) is 0.0286. The lowest BCUT2D eigenvalue weighted by Gasteiger charge is -2.17. The lowest BCUT2D eigenvalue weighted by atomic mass is 9.99. The number of esters is 1. The summed E-state index contributed by atoms with van der Waals surface area (Å²) in [7, 11) is 1.42. The van der Waals surface area contributed by atoms with E-state index in [9.17, 15) is 9.59 Å². The van der Waals surface area contributed by atoms with Gasteiger partial charge in [0.15, 0.2) is 5.78 Å². The first-order valence-electron chi connectivity index (χ1n) is 6.88. The van der Waals surface area contributed by atoms with E-state index in [2.05, 4.69) is 9.88 Å². The SMILES string of the molecule is CCC(=O)c1ccc(N2CC(C)C(C(=O)OC)C2)cn1. The van der Waals surface area contributed by atoms with E-state index in [1.54, 1.807) is 12.3 Å². The summed E-state index contributed by atoms with van der Waals surface area (Å²) in [5.41, 5.74) is 1.43. The van der Waals surface area contributed by atoms with Gasteiger partial charge in [-0.05, 0) is 18.1 Å². The molecule has 1 saturated heterocycles. The minimum Gasteiger partial charge on any atom is -0.469 e. The van der Waals surface area contributed by atoms with Crippen LogP contribution in [-0.4, -0.2) is 36.9 Å². The highest BCUT2D eigenvalue weighted by Gasteiger charge is 2.35. The van der Waals surface area contributed by atoms with Crippen molar-refractivity contribution in [2.24, 2.45) is 11.8 Å². The van der Waals surface area contributed by atoms with Gasteiger partial charge in [0.2, 0.25) is 0 Å². The van der Waals surface area contributed by atoms with Crippen molar-refractivity contribution in [2.45, 2.75) is 20.3 Å². The molecule has 0 bridgehead atoms. The summed E-state index contributed by atoms with van der Waals surface area (Å²) in [6.07, 6.45) is 2.16. The van der Waals surface area contributed by atoms with Crippen LogP contribution in [-0.2, 0) is 9.53 Å². The standard InChI is InChI=1S/C15H20N2O3/c1-4-14(18)13-6-5-11(7-16-13)17-8-10(2)12(9-17)15(19)20-3/h5-7,10,12H,4,8-9H2,1-3H3. The predicted octanol–water partition coefficient (Wildman–Crippen LogP) is 1.92. The van der Waals surface area contributed by atoms with Crippen LogP contribution >= 0.6 is 0 Å². The van der Waals surface area contributed by atoms with Crippen molar-refractivity contribution in [3.05, 3.63) is 24.0 Å². The van der Waals surface area contributed by atoms with Crippen molar-refractivity contribution in [1.82, 2.24) is 4.98 Å². The molecule has 0 saturated carbocycles. The summed E-state index contributed by atoms with van der Waals surface area (Å²) >= 11 is 0. The maximum absolute atomic E-state index is 11.7. The third-order valence-corrected chi connectivity index (χ3v) is 3.84. The van der Waals surface area contributed by atoms with Crippen LogP contribution in [0.25, 0.3) is 0 Å². The zero-order chi connectivity index (χ0) is 14.7. The first-order chi connectivity index (χ1) is 9.56. The summed E-state index contributed by atoms with van der Waals surface area (Å²) in [6.45, 7) is 5.30. The first-order valence-corrected chi connectivity index (χ1v) is 6.88. The van der Waals surface area contributed by atoms with Gasteiger partial charge >= 0.3 is 5.97 Å². The molecule has 0 aliphatic carbocycles. The minimum absolute atomic E-state index is 0.0405. The maximum Gasteiger partial charge on any atom is 0.310 e. The predicted molar refractivity (Wildman–Crippen MR) is 75.7 cm³/mol. The molecule has 2 heterocycles. The van der Waals surface area contributed by atoms with Crippen molar-refractivity contribution >= 4 is 17.4 Å². The average Bonchev–Trinajstić information content (AvgIpc) is 2.87. The number of aromatic nitrogens is 1. The molecule has 0 amide bonds. The number of ether oxygens (including phenoxy) is 1. The van der Waals surface area contributed by atoms with E-state index in [1.165, 1.54) is 7.11 Å². The Kier molecular flexibility index (Phi) is 4.37. The topological polar surface area (TPSA) is 59.5 Å². The molecule has 2 atom stereocenters. The van der Waals surface area contributed by atoms with Crippen molar-refractivity contribution in [1.29, 1.82) is 0 Å². The molecular weight excluding hydrogens is 256 g/mol. The Balaban J connectivity index is 2.10. The number of hydrogen-bond donors (Lipinski definition) is 0. The number of carbonyl (C=O) groups is 2.